The van der Waals surface area contributed by atoms with E-state index in [1.54, 1.807) is 0 Å². The molecule has 6 heteroatoms. The van der Waals surface area contributed by atoms with Gasteiger partial charge in [0.2, 0.25) is 0 Å². The van der Waals surface area contributed by atoms with Gasteiger partial charge in [0.25, 0.3) is 0 Å². The van der Waals surface area contributed by atoms with Crippen molar-refractivity contribution in [2.24, 2.45) is 0 Å². The molecule has 1 aliphatic rings. The molecular formula is C21H26N6. The third kappa shape index (κ3) is 4.17. The summed E-state index contributed by atoms with van der Waals surface area (Å²) in [6.07, 6.45) is 5.76. The zero-order valence-electron chi connectivity index (χ0n) is 16.0. The van der Waals surface area contributed by atoms with Crippen molar-refractivity contribution < 1.29 is 0 Å². The molecule has 1 saturated heterocycles. The van der Waals surface area contributed by atoms with Crippen LogP contribution in [0.4, 0.5) is 5.82 Å². The molecule has 0 saturated carbocycles. The lowest BCUT2D eigenvalue weighted by Gasteiger charge is -2.35. The Hall–Kier alpha value is -2.73. The molecule has 0 spiro atoms. The van der Waals surface area contributed by atoms with Gasteiger partial charge in [-0.2, -0.15) is 0 Å². The van der Waals surface area contributed by atoms with Gasteiger partial charge in [-0.15, -0.1) is 0 Å². The highest BCUT2D eigenvalue weighted by molar-refractivity contribution is 5.43. The van der Waals surface area contributed by atoms with Gasteiger partial charge in [0.05, 0.1) is 23.4 Å². The van der Waals surface area contributed by atoms with Crippen molar-refractivity contribution in [3.05, 3.63) is 71.7 Å². The second-order valence-electron chi connectivity index (χ2n) is 7.18. The smallest absolute Gasteiger partial charge is 0.150 e. The quantitative estimate of drug-likeness (QED) is 0.698. The predicted octanol–water partition coefficient (Wildman–Crippen LogP) is 2.66. The molecule has 4 rings (SSSR count). The summed E-state index contributed by atoms with van der Waals surface area (Å²) in [7, 11) is 0. The van der Waals surface area contributed by atoms with Gasteiger partial charge in [0, 0.05) is 51.7 Å². The third-order valence-corrected chi connectivity index (χ3v) is 5.10. The molecule has 0 unspecified atom stereocenters. The van der Waals surface area contributed by atoms with Crippen LogP contribution < -0.4 is 4.90 Å². The van der Waals surface area contributed by atoms with Crippen LogP contribution in [-0.4, -0.2) is 50.6 Å². The van der Waals surface area contributed by atoms with Crippen molar-refractivity contribution in [1.82, 2.24) is 24.4 Å². The molecule has 1 aliphatic heterocycles. The van der Waals surface area contributed by atoms with Gasteiger partial charge in [-0.1, -0.05) is 30.3 Å². The maximum absolute atomic E-state index is 4.69. The number of benzene rings is 1. The number of nitrogens with zero attached hydrogens (tertiary/aromatic N) is 6. The lowest BCUT2D eigenvalue weighted by atomic mass is 10.2. The fourth-order valence-electron chi connectivity index (χ4n) is 3.57. The van der Waals surface area contributed by atoms with Crippen LogP contribution in [0.1, 0.15) is 22.6 Å². The molecule has 0 radical (unpaired) electrons. The van der Waals surface area contributed by atoms with Crippen LogP contribution in [0.25, 0.3) is 0 Å². The Morgan fingerprint density at radius 1 is 0.926 bits per heavy atom. The van der Waals surface area contributed by atoms with Gasteiger partial charge in [0.15, 0.2) is 0 Å². The fourth-order valence-corrected chi connectivity index (χ4v) is 3.57. The maximum atomic E-state index is 4.69. The number of rotatable bonds is 5. The van der Waals surface area contributed by atoms with Crippen molar-refractivity contribution in [2.45, 2.75) is 26.9 Å². The molecule has 27 heavy (non-hydrogen) atoms. The Morgan fingerprint density at radius 2 is 1.70 bits per heavy atom. The molecule has 0 bridgehead atoms. The van der Waals surface area contributed by atoms with Crippen molar-refractivity contribution in [3.63, 3.8) is 0 Å². The van der Waals surface area contributed by atoms with Gasteiger partial charge in [-0.05, 0) is 19.4 Å². The highest BCUT2D eigenvalue weighted by atomic mass is 15.3. The summed E-state index contributed by atoms with van der Waals surface area (Å²) in [6.45, 7) is 9.83. The minimum absolute atomic E-state index is 0.869. The SMILES string of the molecule is Cc1cnc(C)c(N2CCN(Cc3cncn3Cc3ccccc3)CC2)n1. The Bertz CT molecular complexity index is 881. The van der Waals surface area contributed by atoms with E-state index < -0.39 is 0 Å². The summed E-state index contributed by atoms with van der Waals surface area (Å²) in [5.41, 5.74) is 4.55. The zero-order valence-corrected chi connectivity index (χ0v) is 16.0. The standard InChI is InChI=1S/C21H26N6/c1-17-12-23-18(2)21(24-17)26-10-8-25(9-11-26)15-20-13-22-16-27(20)14-19-6-4-3-5-7-19/h3-7,12-13,16H,8-11,14-15H2,1-2H3. The van der Waals surface area contributed by atoms with E-state index in [1.165, 1.54) is 11.3 Å². The number of aromatic nitrogens is 4. The summed E-state index contributed by atoms with van der Waals surface area (Å²) >= 11 is 0. The van der Waals surface area contributed by atoms with Crippen molar-refractivity contribution in [1.29, 1.82) is 0 Å². The van der Waals surface area contributed by atoms with E-state index in [9.17, 15) is 0 Å². The van der Waals surface area contributed by atoms with E-state index in [0.717, 1.165) is 56.5 Å². The van der Waals surface area contributed by atoms with Crippen LogP contribution in [-0.2, 0) is 13.1 Å². The van der Waals surface area contributed by atoms with Crippen LogP contribution in [0.3, 0.4) is 0 Å². The molecule has 3 aromatic rings. The third-order valence-electron chi connectivity index (χ3n) is 5.10. The first-order valence-electron chi connectivity index (χ1n) is 9.49. The number of hydrogen-bond acceptors (Lipinski definition) is 5. The highest BCUT2D eigenvalue weighted by Crippen LogP contribution is 2.18. The Morgan fingerprint density at radius 3 is 2.48 bits per heavy atom. The van der Waals surface area contributed by atoms with Crippen LogP contribution in [0.5, 0.6) is 0 Å². The van der Waals surface area contributed by atoms with Crippen molar-refractivity contribution >= 4 is 5.82 Å². The minimum atomic E-state index is 0.869. The number of piperazine rings is 1. The first kappa shape index (κ1) is 17.7. The van der Waals surface area contributed by atoms with Crippen molar-refractivity contribution in [3.8, 4) is 0 Å². The average molecular weight is 362 g/mol. The molecule has 0 aliphatic carbocycles. The number of hydrogen-bond donors (Lipinski definition) is 0. The van der Waals surface area contributed by atoms with Gasteiger partial charge >= 0.3 is 0 Å². The second kappa shape index (κ2) is 7.88. The molecular weight excluding hydrogens is 336 g/mol. The highest BCUT2D eigenvalue weighted by Gasteiger charge is 2.21. The monoisotopic (exact) mass is 362 g/mol. The summed E-state index contributed by atoms with van der Waals surface area (Å²) < 4.78 is 2.25. The molecule has 0 N–H and O–H groups in total. The predicted molar refractivity (Wildman–Crippen MR) is 107 cm³/mol. The Labute approximate surface area is 160 Å². The summed E-state index contributed by atoms with van der Waals surface area (Å²) in [6, 6.07) is 10.5. The van der Waals surface area contributed by atoms with Crippen molar-refractivity contribution in [2.75, 3.05) is 31.1 Å². The first-order valence-corrected chi connectivity index (χ1v) is 9.49. The number of aryl methyl sites for hydroxylation is 2. The van der Waals surface area contributed by atoms with E-state index in [4.69, 9.17) is 0 Å². The van der Waals surface area contributed by atoms with E-state index in [0.29, 0.717) is 0 Å². The van der Waals surface area contributed by atoms with E-state index in [2.05, 4.69) is 59.7 Å². The molecule has 2 aromatic heterocycles. The minimum Gasteiger partial charge on any atom is -0.353 e. The topological polar surface area (TPSA) is 50.1 Å². The molecule has 0 amide bonds. The normalized spacial score (nSPS) is 15.3. The van der Waals surface area contributed by atoms with E-state index >= 15 is 0 Å². The molecule has 3 heterocycles. The lowest BCUT2D eigenvalue weighted by Crippen LogP contribution is -2.46. The van der Waals surface area contributed by atoms with Gasteiger partial charge < -0.3 is 9.47 Å². The van der Waals surface area contributed by atoms with Crippen LogP contribution in [0, 0.1) is 13.8 Å². The second-order valence-corrected chi connectivity index (χ2v) is 7.18. The molecule has 1 fully saturated rings. The molecule has 1 aromatic carbocycles. The Balaban J connectivity index is 1.37. The fraction of sp³-hybridized carbons (Fsp3) is 0.381. The lowest BCUT2D eigenvalue weighted by molar-refractivity contribution is 0.243. The first-order chi connectivity index (χ1) is 13.2. The molecule has 140 valence electrons. The van der Waals surface area contributed by atoms with E-state index in [-0.39, 0.29) is 0 Å². The number of anilines is 1. The van der Waals surface area contributed by atoms with Gasteiger partial charge in [-0.25, -0.2) is 9.97 Å². The molecule has 0 atom stereocenters. The van der Waals surface area contributed by atoms with Crippen LogP contribution >= 0.6 is 0 Å². The summed E-state index contributed by atoms with van der Waals surface area (Å²) in [5.74, 6) is 1.03. The number of imidazole rings is 1. The summed E-state index contributed by atoms with van der Waals surface area (Å²) in [5, 5.41) is 0. The van der Waals surface area contributed by atoms with Crippen LogP contribution in [0.2, 0.25) is 0 Å². The van der Waals surface area contributed by atoms with Gasteiger partial charge in [-0.3, -0.25) is 9.88 Å². The zero-order chi connectivity index (χ0) is 18.6. The van der Waals surface area contributed by atoms with Crippen LogP contribution in [0.15, 0.2) is 49.1 Å². The Kier molecular flexibility index (Phi) is 5.16. The average Bonchev–Trinajstić information content (AvgIpc) is 3.12. The van der Waals surface area contributed by atoms with Gasteiger partial charge in [0.1, 0.15) is 5.82 Å². The largest absolute Gasteiger partial charge is 0.353 e. The van der Waals surface area contributed by atoms with E-state index in [1.807, 2.05) is 32.6 Å². The molecule has 6 nitrogen and oxygen atoms in total. The summed E-state index contributed by atoms with van der Waals surface area (Å²) in [4.78, 5) is 18.4. The maximum Gasteiger partial charge on any atom is 0.150 e.